The van der Waals surface area contributed by atoms with Crippen LogP contribution < -0.4 is 10.6 Å². The number of anilines is 1. The maximum Gasteiger partial charge on any atom is 0.401 e. The molecule has 5 rings (SSSR count). The van der Waals surface area contributed by atoms with Crippen LogP contribution in [0.4, 0.5) is 18.9 Å². The van der Waals surface area contributed by atoms with Crippen LogP contribution >= 0.6 is 11.3 Å². The average Bonchev–Trinajstić information content (AvgIpc) is 3.55. The molecule has 2 N–H and O–H groups in total. The number of nitrogens with zero attached hydrogens (tertiary/aromatic N) is 5. The molecule has 1 unspecified atom stereocenters. The van der Waals surface area contributed by atoms with Gasteiger partial charge in [0.2, 0.25) is 11.8 Å². The number of halogens is 3. The Morgan fingerprint density at radius 1 is 1.10 bits per heavy atom. The van der Waals surface area contributed by atoms with Crippen molar-refractivity contribution in [3.63, 3.8) is 0 Å². The van der Waals surface area contributed by atoms with E-state index in [-0.39, 0.29) is 24.7 Å². The van der Waals surface area contributed by atoms with Crippen molar-refractivity contribution in [3.05, 3.63) is 52.3 Å². The minimum Gasteiger partial charge on any atom is -0.326 e. The summed E-state index contributed by atoms with van der Waals surface area (Å²) in [6.45, 7) is 1.69. The zero-order valence-corrected chi connectivity index (χ0v) is 22.3. The molecule has 0 saturated carbocycles. The van der Waals surface area contributed by atoms with Crippen molar-refractivity contribution in [3.8, 4) is 11.3 Å². The van der Waals surface area contributed by atoms with Crippen LogP contribution in [0.5, 0.6) is 0 Å². The normalized spacial score (nSPS) is 19.0. The maximum absolute atomic E-state index is 12.6. The van der Waals surface area contributed by atoms with Gasteiger partial charge in [-0.15, -0.1) is 16.4 Å². The van der Waals surface area contributed by atoms with Crippen LogP contribution in [0.2, 0.25) is 0 Å². The van der Waals surface area contributed by atoms with E-state index in [4.69, 9.17) is 0 Å². The van der Waals surface area contributed by atoms with E-state index in [0.717, 1.165) is 16.0 Å². The van der Waals surface area contributed by atoms with Crippen molar-refractivity contribution in [1.82, 2.24) is 30.1 Å². The summed E-state index contributed by atoms with van der Waals surface area (Å²) in [6, 6.07) is 8.74. The lowest BCUT2D eigenvalue weighted by Gasteiger charge is -2.35. The van der Waals surface area contributed by atoms with Gasteiger partial charge in [-0.1, -0.05) is 17.3 Å². The van der Waals surface area contributed by atoms with Crippen LogP contribution in [0.15, 0.2) is 41.9 Å². The summed E-state index contributed by atoms with van der Waals surface area (Å²) in [5.41, 5.74) is 3.04. The topological polar surface area (TPSA) is 112 Å². The fourth-order valence-electron chi connectivity index (χ4n) is 4.78. The molecular formula is C26H28F3N7O3S. The molecule has 3 amide bonds. The lowest BCUT2D eigenvalue weighted by atomic mass is 10.1. The van der Waals surface area contributed by atoms with Crippen LogP contribution in [-0.2, 0) is 27.3 Å². The Bertz CT molecular complexity index is 1360. The Morgan fingerprint density at radius 3 is 2.52 bits per heavy atom. The number of alkyl halides is 3. The van der Waals surface area contributed by atoms with E-state index in [1.54, 1.807) is 6.20 Å². The van der Waals surface area contributed by atoms with Gasteiger partial charge in [0.25, 0.3) is 5.91 Å². The Labute approximate surface area is 232 Å². The lowest BCUT2D eigenvalue weighted by Crippen LogP contribution is -2.48. The molecule has 2 saturated heterocycles. The summed E-state index contributed by atoms with van der Waals surface area (Å²) < 4.78 is 39.2. The number of nitrogens with one attached hydrogen (secondary N) is 2. The van der Waals surface area contributed by atoms with Crippen LogP contribution in [-0.4, -0.2) is 81.4 Å². The van der Waals surface area contributed by atoms with Crippen molar-refractivity contribution in [1.29, 1.82) is 0 Å². The van der Waals surface area contributed by atoms with Gasteiger partial charge in [0.05, 0.1) is 19.2 Å². The number of piperazine rings is 1. The molecular weight excluding hydrogens is 547 g/mol. The number of rotatable bonds is 8. The number of piperidine rings is 1. The number of aromatic nitrogens is 3. The van der Waals surface area contributed by atoms with Gasteiger partial charge >= 0.3 is 6.18 Å². The summed E-state index contributed by atoms with van der Waals surface area (Å²) in [5.74, 6) is -0.863. The van der Waals surface area contributed by atoms with Crippen molar-refractivity contribution in [2.24, 2.45) is 0 Å². The third-order valence-corrected chi connectivity index (χ3v) is 7.77. The van der Waals surface area contributed by atoms with Gasteiger partial charge in [0.15, 0.2) is 0 Å². The summed E-state index contributed by atoms with van der Waals surface area (Å²) in [5, 5.41) is 15.3. The van der Waals surface area contributed by atoms with E-state index < -0.39 is 24.7 Å². The minimum absolute atomic E-state index is 0.172. The Hall–Kier alpha value is -3.62. The van der Waals surface area contributed by atoms with E-state index in [1.165, 1.54) is 20.9 Å². The second kappa shape index (κ2) is 11.9. The van der Waals surface area contributed by atoms with Gasteiger partial charge in [-0.25, -0.2) is 4.68 Å². The van der Waals surface area contributed by atoms with Crippen molar-refractivity contribution < 1.29 is 27.6 Å². The fraction of sp³-hybridized carbons (Fsp3) is 0.423. The highest BCUT2D eigenvalue weighted by molar-refractivity contribution is 7.10. The molecule has 1 atom stereocenters. The fourth-order valence-corrected chi connectivity index (χ4v) is 5.65. The highest BCUT2D eigenvalue weighted by Crippen LogP contribution is 2.26. The van der Waals surface area contributed by atoms with Gasteiger partial charge < -0.3 is 5.32 Å². The predicted molar refractivity (Wildman–Crippen MR) is 141 cm³/mol. The Morgan fingerprint density at radius 2 is 1.82 bits per heavy atom. The van der Waals surface area contributed by atoms with Gasteiger partial charge in [0.1, 0.15) is 11.7 Å². The van der Waals surface area contributed by atoms with Crippen LogP contribution in [0.3, 0.4) is 0 Å². The maximum atomic E-state index is 12.6. The first-order valence-electron chi connectivity index (χ1n) is 12.8. The number of benzene rings is 1. The SMILES string of the molecule is O=C1CCC(n2cc(-c3csc(CC(=O)Nc4ccc(CN5CCN(CC(F)(F)F)CC5)cc4)c3)nn2)C(=O)N1. The van der Waals surface area contributed by atoms with Gasteiger partial charge in [-0.3, -0.25) is 29.5 Å². The van der Waals surface area contributed by atoms with E-state index in [0.29, 0.717) is 50.5 Å². The summed E-state index contributed by atoms with van der Waals surface area (Å²) in [6.07, 6.45) is -1.72. The molecule has 1 aromatic carbocycles. The van der Waals surface area contributed by atoms with E-state index >= 15 is 0 Å². The monoisotopic (exact) mass is 575 g/mol. The Kier molecular flexibility index (Phi) is 8.28. The second-order valence-corrected chi connectivity index (χ2v) is 10.9. The van der Waals surface area contributed by atoms with Crippen LogP contribution in [0.1, 0.15) is 29.3 Å². The van der Waals surface area contributed by atoms with Gasteiger partial charge in [-0.2, -0.15) is 13.2 Å². The lowest BCUT2D eigenvalue weighted by molar-refractivity contribution is -0.149. The number of imide groups is 1. The molecule has 212 valence electrons. The number of hydrogen-bond donors (Lipinski definition) is 2. The smallest absolute Gasteiger partial charge is 0.326 e. The summed E-state index contributed by atoms with van der Waals surface area (Å²) in [4.78, 5) is 40.5. The Balaban J connectivity index is 1.09. The van der Waals surface area contributed by atoms with E-state index in [9.17, 15) is 27.6 Å². The van der Waals surface area contributed by atoms with Crippen molar-refractivity contribution in [2.45, 2.75) is 38.0 Å². The molecule has 2 fully saturated rings. The first-order chi connectivity index (χ1) is 19.1. The quantitative estimate of drug-likeness (QED) is 0.398. The van der Waals surface area contributed by atoms with Crippen LogP contribution in [0.25, 0.3) is 11.3 Å². The largest absolute Gasteiger partial charge is 0.401 e. The first kappa shape index (κ1) is 27.9. The molecule has 10 nitrogen and oxygen atoms in total. The van der Waals surface area contributed by atoms with Crippen molar-refractivity contribution >= 4 is 34.7 Å². The highest BCUT2D eigenvalue weighted by atomic mass is 32.1. The molecule has 14 heteroatoms. The highest BCUT2D eigenvalue weighted by Gasteiger charge is 2.32. The standard InChI is InChI=1S/C26H28F3N7O3S/c27-26(28,29)16-35-9-7-34(8-10-35)13-17-1-3-19(4-2-17)30-24(38)12-20-11-18(15-40-20)21-14-36(33-32-21)22-5-6-23(37)31-25(22)39/h1-4,11,14-15,22H,5-10,12-13,16H2,(H,30,38)(H,31,37,39). The molecule has 0 bridgehead atoms. The number of hydrogen-bond acceptors (Lipinski definition) is 8. The summed E-state index contributed by atoms with van der Waals surface area (Å²) >= 11 is 1.42. The zero-order valence-electron chi connectivity index (χ0n) is 21.5. The van der Waals surface area contributed by atoms with E-state index in [2.05, 4.69) is 25.8 Å². The third kappa shape index (κ3) is 7.31. The molecule has 40 heavy (non-hydrogen) atoms. The zero-order chi connectivity index (χ0) is 28.3. The molecule has 0 spiro atoms. The third-order valence-electron chi connectivity index (χ3n) is 6.84. The second-order valence-electron chi connectivity index (χ2n) is 9.94. The molecule has 0 aliphatic carbocycles. The predicted octanol–water partition coefficient (Wildman–Crippen LogP) is 2.85. The molecule has 4 heterocycles. The number of carbonyl (C=O) groups is 3. The molecule has 2 aliphatic rings. The molecule has 2 aliphatic heterocycles. The molecule has 0 radical (unpaired) electrons. The number of amides is 3. The first-order valence-corrected chi connectivity index (χ1v) is 13.7. The number of thiophene rings is 1. The van der Waals surface area contributed by atoms with E-state index in [1.807, 2.05) is 35.7 Å². The van der Waals surface area contributed by atoms with Crippen LogP contribution in [0, 0.1) is 0 Å². The van der Waals surface area contributed by atoms with Gasteiger partial charge in [-0.05, 0) is 30.2 Å². The average molecular weight is 576 g/mol. The minimum atomic E-state index is -4.17. The van der Waals surface area contributed by atoms with Gasteiger partial charge in [0, 0.05) is 60.7 Å². The summed E-state index contributed by atoms with van der Waals surface area (Å²) in [7, 11) is 0. The van der Waals surface area contributed by atoms with Crippen molar-refractivity contribution in [2.75, 3.05) is 38.0 Å². The number of carbonyl (C=O) groups excluding carboxylic acids is 3. The molecule has 3 aromatic rings. The molecule has 2 aromatic heterocycles.